The zero-order chi connectivity index (χ0) is 19.5. The van der Waals surface area contributed by atoms with Crippen molar-refractivity contribution < 1.29 is 23.1 Å². The van der Waals surface area contributed by atoms with E-state index in [0.29, 0.717) is 18.7 Å². The number of carboxylic acids is 1. The van der Waals surface area contributed by atoms with Gasteiger partial charge in [-0.1, -0.05) is 12.5 Å². The molecule has 1 heterocycles. The number of nitrogens with zero attached hydrogens (tertiary/aromatic N) is 2. The lowest BCUT2D eigenvalue weighted by Crippen LogP contribution is -2.41. The van der Waals surface area contributed by atoms with Gasteiger partial charge in [-0.15, -0.1) is 0 Å². The number of piperidine rings is 1. The minimum Gasteiger partial charge on any atom is -0.480 e. The van der Waals surface area contributed by atoms with Gasteiger partial charge >= 0.3 is 5.97 Å². The van der Waals surface area contributed by atoms with Gasteiger partial charge < -0.3 is 10.0 Å². The van der Waals surface area contributed by atoms with Crippen molar-refractivity contribution >= 4 is 21.9 Å². The summed E-state index contributed by atoms with van der Waals surface area (Å²) in [6.45, 7) is 5.68. The Morgan fingerprint density at radius 1 is 1.19 bits per heavy atom. The molecule has 0 atom stereocenters. The molecule has 1 N–H and O–H groups in total. The number of aliphatic carboxylic acids is 1. The molecule has 1 aliphatic heterocycles. The van der Waals surface area contributed by atoms with Gasteiger partial charge in [0.15, 0.2) is 0 Å². The second-order valence-corrected chi connectivity index (χ2v) is 8.77. The summed E-state index contributed by atoms with van der Waals surface area (Å²) < 4.78 is 27.4. The first kappa shape index (κ1) is 20.4. The van der Waals surface area contributed by atoms with Crippen LogP contribution in [0.25, 0.3) is 0 Å². The Hall–Kier alpha value is -1.93. The highest BCUT2D eigenvalue weighted by molar-refractivity contribution is 7.89. The number of hydrogen-bond acceptors (Lipinski definition) is 4. The van der Waals surface area contributed by atoms with E-state index in [2.05, 4.69) is 0 Å². The first-order valence-electron chi connectivity index (χ1n) is 8.78. The van der Waals surface area contributed by atoms with Gasteiger partial charge in [0.05, 0.1) is 4.90 Å². The summed E-state index contributed by atoms with van der Waals surface area (Å²) in [5, 5.41) is 9.03. The number of sulfonamides is 1. The van der Waals surface area contributed by atoms with Crippen LogP contribution in [0, 0.1) is 6.92 Å². The summed E-state index contributed by atoms with van der Waals surface area (Å²) in [6.07, 6.45) is 2.68. The van der Waals surface area contributed by atoms with Crippen molar-refractivity contribution in [2.24, 2.45) is 0 Å². The van der Waals surface area contributed by atoms with Gasteiger partial charge in [0.1, 0.15) is 6.54 Å². The Kier molecular flexibility index (Phi) is 6.41. The molecule has 0 saturated carbocycles. The maximum Gasteiger partial charge on any atom is 0.323 e. The summed E-state index contributed by atoms with van der Waals surface area (Å²) in [5.41, 5.74) is 0.752. The van der Waals surface area contributed by atoms with E-state index in [4.69, 9.17) is 5.11 Å². The van der Waals surface area contributed by atoms with E-state index in [-0.39, 0.29) is 16.5 Å². The van der Waals surface area contributed by atoms with Crippen LogP contribution in [0.2, 0.25) is 0 Å². The summed E-state index contributed by atoms with van der Waals surface area (Å²) in [5.74, 6) is -1.60. The normalized spacial score (nSPS) is 15.8. The van der Waals surface area contributed by atoms with Crippen LogP contribution in [0.1, 0.15) is 49.0 Å². The second kappa shape index (κ2) is 8.18. The molecular formula is C18H26N2O5S. The summed E-state index contributed by atoms with van der Waals surface area (Å²) in [6, 6.07) is 4.20. The Bertz CT molecular complexity index is 783. The molecule has 0 aromatic heterocycles. The van der Waals surface area contributed by atoms with Crippen LogP contribution in [0.5, 0.6) is 0 Å². The van der Waals surface area contributed by atoms with Crippen LogP contribution in [0.15, 0.2) is 23.1 Å². The van der Waals surface area contributed by atoms with Crippen LogP contribution in [-0.2, 0) is 14.8 Å². The first-order valence-corrected chi connectivity index (χ1v) is 10.2. The molecule has 0 unspecified atom stereocenters. The van der Waals surface area contributed by atoms with Gasteiger partial charge in [0.25, 0.3) is 5.91 Å². The van der Waals surface area contributed by atoms with Crippen molar-refractivity contribution in [1.82, 2.24) is 9.21 Å². The molecule has 0 aliphatic carbocycles. The van der Waals surface area contributed by atoms with Crippen LogP contribution in [-0.4, -0.2) is 60.3 Å². The lowest BCUT2D eigenvalue weighted by atomic mass is 10.1. The molecule has 144 valence electrons. The molecular weight excluding hydrogens is 356 g/mol. The van der Waals surface area contributed by atoms with E-state index in [1.54, 1.807) is 32.9 Å². The molecule has 1 aromatic rings. The number of amides is 1. The molecule has 0 spiro atoms. The van der Waals surface area contributed by atoms with E-state index in [1.807, 2.05) is 0 Å². The smallest absolute Gasteiger partial charge is 0.323 e. The van der Waals surface area contributed by atoms with Gasteiger partial charge in [-0.2, -0.15) is 4.31 Å². The Balaban J connectivity index is 2.39. The van der Waals surface area contributed by atoms with E-state index >= 15 is 0 Å². The van der Waals surface area contributed by atoms with Gasteiger partial charge in [0, 0.05) is 24.7 Å². The van der Waals surface area contributed by atoms with Gasteiger partial charge in [-0.3, -0.25) is 9.59 Å². The van der Waals surface area contributed by atoms with Gasteiger partial charge in [0.2, 0.25) is 10.0 Å². The number of aryl methyl sites for hydroxylation is 1. The maximum atomic E-state index is 13.0. The molecule has 0 radical (unpaired) electrons. The largest absolute Gasteiger partial charge is 0.480 e. The van der Waals surface area contributed by atoms with Crippen molar-refractivity contribution in [3.63, 3.8) is 0 Å². The highest BCUT2D eigenvalue weighted by atomic mass is 32.2. The Labute approximate surface area is 154 Å². The molecule has 26 heavy (non-hydrogen) atoms. The highest BCUT2D eigenvalue weighted by Gasteiger charge is 2.29. The summed E-state index contributed by atoms with van der Waals surface area (Å²) >= 11 is 0. The first-order chi connectivity index (χ1) is 12.1. The zero-order valence-electron chi connectivity index (χ0n) is 15.4. The molecule has 2 rings (SSSR count). The van der Waals surface area contributed by atoms with E-state index in [1.165, 1.54) is 15.3 Å². The monoisotopic (exact) mass is 382 g/mol. The lowest BCUT2D eigenvalue weighted by molar-refractivity contribution is -0.138. The van der Waals surface area contributed by atoms with E-state index < -0.39 is 28.4 Å². The number of carbonyl (C=O) groups excluding carboxylic acids is 1. The third-order valence-electron chi connectivity index (χ3n) is 4.56. The van der Waals surface area contributed by atoms with Crippen molar-refractivity contribution in [1.29, 1.82) is 0 Å². The van der Waals surface area contributed by atoms with Crippen LogP contribution >= 0.6 is 0 Å². The number of hydrogen-bond donors (Lipinski definition) is 1. The summed E-state index contributed by atoms with van der Waals surface area (Å²) in [4.78, 5) is 25.1. The molecule has 0 bridgehead atoms. The number of benzene rings is 1. The van der Waals surface area contributed by atoms with Gasteiger partial charge in [-0.25, -0.2) is 8.42 Å². The number of rotatable bonds is 6. The summed E-state index contributed by atoms with van der Waals surface area (Å²) in [7, 11) is -3.67. The lowest BCUT2D eigenvalue weighted by Gasteiger charge is -2.27. The molecule has 1 aromatic carbocycles. The topological polar surface area (TPSA) is 95.0 Å². The molecule has 1 aliphatic rings. The van der Waals surface area contributed by atoms with Crippen molar-refractivity contribution in [2.45, 2.75) is 51.0 Å². The molecule has 1 amide bonds. The van der Waals surface area contributed by atoms with Crippen LogP contribution in [0.4, 0.5) is 0 Å². The fourth-order valence-corrected chi connectivity index (χ4v) is 4.82. The highest BCUT2D eigenvalue weighted by Crippen LogP contribution is 2.25. The van der Waals surface area contributed by atoms with Crippen molar-refractivity contribution in [3.05, 3.63) is 29.3 Å². The van der Waals surface area contributed by atoms with Gasteiger partial charge in [-0.05, 0) is 51.3 Å². The third-order valence-corrected chi connectivity index (χ3v) is 6.60. The Morgan fingerprint density at radius 3 is 2.35 bits per heavy atom. The number of carboxylic acid groups (broad SMARTS) is 1. The standard InChI is InChI=1S/C18H26N2O5S/c1-13(2)20(12-17(21)22)18(23)15-8-7-14(3)16(11-15)26(24,25)19-9-5-4-6-10-19/h7-8,11,13H,4-6,9-10,12H2,1-3H3,(H,21,22). The van der Waals surface area contributed by atoms with Crippen molar-refractivity contribution in [2.75, 3.05) is 19.6 Å². The number of carbonyl (C=O) groups is 2. The second-order valence-electron chi connectivity index (χ2n) is 6.87. The molecule has 1 fully saturated rings. The van der Waals surface area contributed by atoms with E-state index in [0.717, 1.165) is 19.3 Å². The average Bonchev–Trinajstić information content (AvgIpc) is 2.59. The molecule has 7 nitrogen and oxygen atoms in total. The molecule has 1 saturated heterocycles. The predicted octanol–water partition coefficient (Wildman–Crippen LogP) is 2.10. The predicted molar refractivity (Wildman–Crippen MR) is 97.6 cm³/mol. The fourth-order valence-electron chi connectivity index (χ4n) is 3.06. The third kappa shape index (κ3) is 4.42. The Morgan fingerprint density at radius 2 is 1.81 bits per heavy atom. The average molecular weight is 382 g/mol. The van der Waals surface area contributed by atoms with Crippen molar-refractivity contribution in [3.8, 4) is 0 Å². The quantitative estimate of drug-likeness (QED) is 0.813. The molecule has 8 heteroatoms. The zero-order valence-corrected chi connectivity index (χ0v) is 16.3. The minimum atomic E-state index is -3.67. The van der Waals surface area contributed by atoms with E-state index in [9.17, 15) is 18.0 Å². The fraction of sp³-hybridized carbons (Fsp3) is 0.556. The van der Waals surface area contributed by atoms with Crippen LogP contribution < -0.4 is 0 Å². The van der Waals surface area contributed by atoms with Crippen LogP contribution in [0.3, 0.4) is 0 Å². The minimum absolute atomic E-state index is 0.115. The SMILES string of the molecule is Cc1ccc(C(=O)N(CC(=O)O)C(C)C)cc1S(=O)(=O)N1CCCCC1. The maximum absolute atomic E-state index is 13.0.